The van der Waals surface area contributed by atoms with E-state index in [9.17, 15) is 4.79 Å². The van der Waals surface area contributed by atoms with E-state index in [-0.39, 0.29) is 17.8 Å². The van der Waals surface area contributed by atoms with Gasteiger partial charge in [0.15, 0.2) is 0 Å². The van der Waals surface area contributed by atoms with E-state index in [1.165, 1.54) is 11.1 Å². The van der Waals surface area contributed by atoms with Crippen LogP contribution in [0.5, 0.6) is 0 Å². The van der Waals surface area contributed by atoms with Crippen LogP contribution in [-0.2, 0) is 9.53 Å². The van der Waals surface area contributed by atoms with Crippen molar-refractivity contribution in [3.05, 3.63) is 59.2 Å². The molecule has 3 atom stereocenters. The van der Waals surface area contributed by atoms with E-state index < -0.39 is 5.60 Å². The van der Waals surface area contributed by atoms with Gasteiger partial charge in [0.1, 0.15) is 5.60 Å². The summed E-state index contributed by atoms with van der Waals surface area (Å²) in [6, 6.07) is 9.99. The number of benzene rings is 1. The van der Waals surface area contributed by atoms with Crippen LogP contribution in [0, 0.1) is 11.8 Å². The zero-order valence-electron chi connectivity index (χ0n) is 13.1. The molecule has 110 valence electrons. The van der Waals surface area contributed by atoms with E-state index in [1.54, 1.807) is 0 Å². The summed E-state index contributed by atoms with van der Waals surface area (Å²) in [5, 5.41) is 0. The maximum Gasteiger partial charge on any atom is 0.315 e. The van der Waals surface area contributed by atoms with Crippen LogP contribution in [0.3, 0.4) is 0 Å². The first-order valence-electron chi connectivity index (χ1n) is 7.62. The lowest BCUT2D eigenvalue weighted by atomic mass is 9.69. The number of carbonyl (C=O) groups excluding carboxylic acids is 1. The van der Waals surface area contributed by atoms with Crippen molar-refractivity contribution >= 4 is 5.97 Å². The monoisotopic (exact) mass is 282 g/mol. The Bertz CT molecular complexity index is 624. The van der Waals surface area contributed by atoms with Crippen molar-refractivity contribution in [1.82, 2.24) is 0 Å². The molecular weight excluding hydrogens is 260 g/mol. The van der Waals surface area contributed by atoms with Gasteiger partial charge in [-0.05, 0) is 30.9 Å². The first kappa shape index (κ1) is 14.1. The smallest absolute Gasteiger partial charge is 0.315 e. The molecule has 3 rings (SSSR count). The zero-order chi connectivity index (χ0) is 15.2. The highest BCUT2D eigenvalue weighted by Gasteiger charge is 2.55. The highest BCUT2D eigenvalue weighted by atomic mass is 16.6. The number of carbonyl (C=O) groups is 1. The van der Waals surface area contributed by atoms with Crippen LogP contribution in [0.25, 0.3) is 0 Å². The van der Waals surface area contributed by atoms with Crippen molar-refractivity contribution in [2.24, 2.45) is 11.8 Å². The number of rotatable bonds is 2. The summed E-state index contributed by atoms with van der Waals surface area (Å²) in [4.78, 5) is 12.5. The molecule has 0 radical (unpaired) electrons. The first-order chi connectivity index (χ1) is 9.93. The summed E-state index contributed by atoms with van der Waals surface area (Å²) in [5.41, 5.74) is 2.98. The maximum atomic E-state index is 12.5. The molecule has 0 saturated carbocycles. The molecule has 1 aliphatic heterocycles. The van der Waals surface area contributed by atoms with E-state index in [0.29, 0.717) is 5.92 Å². The largest absolute Gasteiger partial charge is 0.454 e. The Morgan fingerprint density at radius 1 is 1.19 bits per heavy atom. The number of hydrogen-bond acceptors (Lipinski definition) is 2. The highest BCUT2D eigenvalue weighted by Crippen LogP contribution is 2.51. The molecule has 0 N–H and O–H groups in total. The van der Waals surface area contributed by atoms with Gasteiger partial charge in [-0.2, -0.15) is 0 Å². The van der Waals surface area contributed by atoms with Crippen LogP contribution in [0.4, 0.5) is 0 Å². The number of hydrogen-bond donors (Lipinski definition) is 0. The van der Waals surface area contributed by atoms with Gasteiger partial charge >= 0.3 is 5.97 Å². The molecule has 1 aromatic rings. The predicted octanol–water partition coefficient (Wildman–Crippen LogP) is 4.24. The summed E-state index contributed by atoms with van der Waals surface area (Å²) in [5.74, 6) is 0.137. The molecule has 1 aromatic carbocycles. The quantitative estimate of drug-likeness (QED) is 0.758. The lowest BCUT2D eigenvalue weighted by molar-refractivity contribution is -0.146. The van der Waals surface area contributed by atoms with E-state index in [2.05, 4.69) is 39.8 Å². The molecule has 0 spiro atoms. The summed E-state index contributed by atoms with van der Waals surface area (Å²) in [6.45, 7) is 8.49. The lowest BCUT2D eigenvalue weighted by Gasteiger charge is -2.37. The Morgan fingerprint density at radius 3 is 2.48 bits per heavy atom. The molecule has 2 heteroatoms. The van der Waals surface area contributed by atoms with Gasteiger partial charge in [0.25, 0.3) is 0 Å². The molecule has 0 bridgehead atoms. The molecule has 1 heterocycles. The Labute approximate surface area is 126 Å². The Kier molecular flexibility index (Phi) is 3.27. The summed E-state index contributed by atoms with van der Waals surface area (Å²) < 4.78 is 5.89. The van der Waals surface area contributed by atoms with Gasteiger partial charge in [-0.1, -0.05) is 61.9 Å². The second-order valence-electron chi connectivity index (χ2n) is 6.61. The molecule has 0 amide bonds. The number of ether oxygens (including phenoxy) is 1. The van der Waals surface area contributed by atoms with Crippen molar-refractivity contribution in [2.45, 2.75) is 39.2 Å². The number of fused-ring (bicyclic) bond motifs is 1. The van der Waals surface area contributed by atoms with E-state index in [4.69, 9.17) is 4.74 Å². The van der Waals surface area contributed by atoms with Crippen LogP contribution in [0.1, 0.15) is 39.2 Å². The average Bonchev–Trinajstić information content (AvgIpc) is 2.69. The molecule has 1 fully saturated rings. The van der Waals surface area contributed by atoms with Gasteiger partial charge in [0.05, 0.1) is 5.92 Å². The van der Waals surface area contributed by atoms with Crippen molar-refractivity contribution in [3.8, 4) is 0 Å². The predicted molar refractivity (Wildman–Crippen MR) is 83.8 cm³/mol. The summed E-state index contributed by atoms with van der Waals surface area (Å²) in [7, 11) is 0. The van der Waals surface area contributed by atoms with Gasteiger partial charge < -0.3 is 4.74 Å². The van der Waals surface area contributed by atoms with Crippen LogP contribution in [0.2, 0.25) is 0 Å². The SMILES string of the molecule is CC1=CC2C(c3ccccc3)C(=O)OC2(C)C(C(C)C)=C1. The van der Waals surface area contributed by atoms with E-state index >= 15 is 0 Å². The fourth-order valence-electron chi connectivity index (χ4n) is 3.78. The van der Waals surface area contributed by atoms with Gasteiger partial charge in [0, 0.05) is 5.92 Å². The third kappa shape index (κ3) is 2.14. The molecule has 2 aliphatic rings. The van der Waals surface area contributed by atoms with Crippen LogP contribution in [0.15, 0.2) is 53.6 Å². The average molecular weight is 282 g/mol. The lowest BCUT2D eigenvalue weighted by Crippen LogP contribution is -2.38. The Balaban J connectivity index is 2.09. The third-order valence-electron chi connectivity index (χ3n) is 4.74. The van der Waals surface area contributed by atoms with Crippen molar-refractivity contribution in [2.75, 3.05) is 0 Å². The molecule has 2 nitrogen and oxygen atoms in total. The number of esters is 1. The van der Waals surface area contributed by atoms with Crippen molar-refractivity contribution < 1.29 is 9.53 Å². The Hall–Kier alpha value is -1.83. The third-order valence-corrected chi connectivity index (χ3v) is 4.74. The minimum atomic E-state index is -0.509. The molecule has 1 aliphatic carbocycles. The maximum absolute atomic E-state index is 12.5. The molecular formula is C19H22O2. The first-order valence-corrected chi connectivity index (χ1v) is 7.62. The minimum absolute atomic E-state index is 0.0785. The van der Waals surface area contributed by atoms with Gasteiger partial charge in [-0.25, -0.2) is 0 Å². The second-order valence-corrected chi connectivity index (χ2v) is 6.61. The molecule has 3 unspecified atom stereocenters. The van der Waals surface area contributed by atoms with Gasteiger partial charge in [-0.15, -0.1) is 0 Å². The second kappa shape index (κ2) is 4.87. The normalized spacial score (nSPS) is 31.6. The van der Waals surface area contributed by atoms with Gasteiger partial charge in [0.2, 0.25) is 0 Å². The fraction of sp³-hybridized carbons (Fsp3) is 0.421. The fourth-order valence-corrected chi connectivity index (χ4v) is 3.78. The molecule has 21 heavy (non-hydrogen) atoms. The van der Waals surface area contributed by atoms with E-state index in [0.717, 1.165) is 5.56 Å². The zero-order valence-corrected chi connectivity index (χ0v) is 13.1. The Morgan fingerprint density at radius 2 is 1.86 bits per heavy atom. The number of allylic oxidation sites excluding steroid dienone is 2. The van der Waals surface area contributed by atoms with Crippen LogP contribution < -0.4 is 0 Å². The molecule has 0 aromatic heterocycles. The van der Waals surface area contributed by atoms with E-state index in [1.807, 2.05) is 30.3 Å². The van der Waals surface area contributed by atoms with Crippen molar-refractivity contribution in [1.29, 1.82) is 0 Å². The highest BCUT2D eigenvalue weighted by molar-refractivity contribution is 5.83. The van der Waals surface area contributed by atoms with Crippen LogP contribution in [-0.4, -0.2) is 11.6 Å². The van der Waals surface area contributed by atoms with Gasteiger partial charge in [-0.3, -0.25) is 4.79 Å². The minimum Gasteiger partial charge on any atom is -0.454 e. The van der Waals surface area contributed by atoms with Crippen LogP contribution >= 0.6 is 0 Å². The standard InChI is InChI=1S/C19H22O2/c1-12(2)15-10-13(3)11-16-17(14-8-6-5-7-9-14)18(20)21-19(15,16)4/h5-12,16-17H,1-4H3. The molecule has 1 saturated heterocycles. The topological polar surface area (TPSA) is 26.3 Å². The summed E-state index contributed by atoms with van der Waals surface area (Å²) in [6.07, 6.45) is 4.39. The van der Waals surface area contributed by atoms with Crippen molar-refractivity contribution in [3.63, 3.8) is 0 Å². The summed E-state index contributed by atoms with van der Waals surface area (Å²) >= 11 is 0.